The molecule has 2 atom stereocenters. The van der Waals surface area contributed by atoms with Gasteiger partial charge in [-0.2, -0.15) is 5.26 Å². The standard InChI is InChI=1S/C29H29N3O3/c30-17-20-6-8-21(9-7-20)22-12-14-24(15-13-22)26(23-2-1-3-23)18-32-28(33)25-10-4-19(5-11-25)16-27(31)29(34)35/h4-15,23,26-27H,1-3,16,18,31H2,(H,32,33)(H,34,35). The van der Waals surface area contributed by atoms with E-state index in [1.54, 1.807) is 24.3 Å². The Morgan fingerprint density at radius 3 is 2.09 bits per heavy atom. The van der Waals surface area contributed by atoms with Gasteiger partial charge >= 0.3 is 5.97 Å². The van der Waals surface area contributed by atoms with Gasteiger partial charge in [-0.15, -0.1) is 0 Å². The molecule has 6 nitrogen and oxygen atoms in total. The van der Waals surface area contributed by atoms with Crippen LogP contribution in [0.15, 0.2) is 72.8 Å². The van der Waals surface area contributed by atoms with Gasteiger partial charge in [0.25, 0.3) is 5.91 Å². The van der Waals surface area contributed by atoms with Crippen molar-refractivity contribution in [3.05, 3.63) is 95.1 Å². The predicted octanol–water partition coefficient (Wildman–Crippen LogP) is 4.49. The highest BCUT2D eigenvalue weighted by atomic mass is 16.4. The Hall–Kier alpha value is -3.95. The molecule has 1 aliphatic rings. The fourth-order valence-electron chi connectivity index (χ4n) is 4.50. The summed E-state index contributed by atoms with van der Waals surface area (Å²) in [5.41, 5.74) is 10.9. The van der Waals surface area contributed by atoms with E-state index in [1.807, 2.05) is 24.3 Å². The SMILES string of the molecule is N#Cc1ccc(-c2ccc(C(CNC(=O)c3ccc(CC(N)C(=O)O)cc3)C3CCC3)cc2)cc1. The van der Waals surface area contributed by atoms with Gasteiger partial charge in [0.05, 0.1) is 11.6 Å². The molecule has 0 aromatic heterocycles. The largest absolute Gasteiger partial charge is 0.480 e. The Morgan fingerprint density at radius 1 is 0.971 bits per heavy atom. The highest BCUT2D eigenvalue weighted by molar-refractivity contribution is 5.94. The van der Waals surface area contributed by atoms with E-state index in [0.29, 0.717) is 23.6 Å². The molecule has 0 aliphatic heterocycles. The highest BCUT2D eigenvalue weighted by Gasteiger charge is 2.29. The fraction of sp³-hybridized carbons (Fsp3) is 0.276. The van der Waals surface area contributed by atoms with Crippen LogP contribution in [-0.2, 0) is 11.2 Å². The van der Waals surface area contributed by atoms with E-state index >= 15 is 0 Å². The summed E-state index contributed by atoms with van der Waals surface area (Å²) in [5, 5.41) is 21.1. The quantitative estimate of drug-likeness (QED) is 0.429. The van der Waals surface area contributed by atoms with Crippen LogP contribution in [0.5, 0.6) is 0 Å². The molecular weight excluding hydrogens is 438 g/mol. The van der Waals surface area contributed by atoms with Crippen molar-refractivity contribution in [3.63, 3.8) is 0 Å². The predicted molar refractivity (Wildman–Crippen MR) is 135 cm³/mol. The van der Waals surface area contributed by atoms with Crippen LogP contribution in [-0.4, -0.2) is 29.6 Å². The lowest BCUT2D eigenvalue weighted by Gasteiger charge is -2.34. The van der Waals surface area contributed by atoms with Crippen LogP contribution in [0.2, 0.25) is 0 Å². The van der Waals surface area contributed by atoms with Gasteiger partial charge in [0, 0.05) is 18.0 Å². The van der Waals surface area contributed by atoms with E-state index in [2.05, 4.69) is 35.7 Å². The summed E-state index contributed by atoms with van der Waals surface area (Å²) in [4.78, 5) is 23.7. The Bertz CT molecular complexity index is 1210. The minimum atomic E-state index is -1.04. The maximum absolute atomic E-state index is 12.8. The molecule has 4 rings (SSSR count). The first-order chi connectivity index (χ1) is 16.9. The summed E-state index contributed by atoms with van der Waals surface area (Å²) < 4.78 is 0. The zero-order chi connectivity index (χ0) is 24.8. The maximum Gasteiger partial charge on any atom is 0.320 e. The number of amides is 1. The first kappa shape index (κ1) is 24.2. The van der Waals surface area contributed by atoms with Crippen molar-refractivity contribution in [1.82, 2.24) is 5.32 Å². The molecule has 0 saturated heterocycles. The third-order valence-electron chi connectivity index (χ3n) is 6.88. The number of aliphatic carboxylic acids is 1. The molecule has 2 unspecified atom stereocenters. The van der Waals surface area contributed by atoms with Crippen molar-refractivity contribution in [3.8, 4) is 17.2 Å². The van der Waals surface area contributed by atoms with Gasteiger partial charge in [-0.25, -0.2) is 0 Å². The monoisotopic (exact) mass is 467 g/mol. The van der Waals surface area contributed by atoms with E-state index < -0.39 is 12.0 Å². The summed E-state index contributed by atoms with van der Waals surface area (Å²) >= 11 is 0. The zero-order valence-corrected chi connectivity index (χ0v) is 19.5. The van der Waals surface area contributed by atoms with Crippen LogP contribution < -0.4 is 11.1 Å². The Balaban J connectivity index is 1.41. The van der Waals surface area contributed by atoms with Gasteiger partial charge < -0.3 is 16.2 Å². The van der Waals surface area contributed by atoms with Gasteiger partial charge in [0.15, 0.2) is 0 Å². The fourth-order valence-corrected chi connectivity index (χ4v) is 4.50. The number of hydrogen-bond acceptors (Lipinski definition) is 4. The second-order valence-electron chi connectivity index (χ2n) is 9.16. The van der Waals surface area contributed by atoms with Gasteiger partial charge in [0.1, 0.15) is 6.04 Å². The van der Waals surface area contributed by atoms with Crippen LogP contribution in [0.25, 0.3) is 11.1 Å². The molecule has 4 N–H and O–H groups in total. The third kappa shape index (κ3) is 5.95. The van der Waals surface area contributed by atoms with Crippen LogP contribution >= 0.6 is 0 Å². The number of carbonyl (C=O) groups is 2. The molecule has 35 heavy (non-hydrogen) atoms. The third-order valence-corrected chi connectivity index (χ3v) is 6.88. The Labute approximate surface area is 205 Å². The molecular formula is C29H29N3O3. The lowest BCUT2D eigenvalue weighted by atomic mass is 9.73. The number of carboxylic acids is 1. The van der Waals surface area contributed by atoms with Gasteiger partial charge in [-0.1, -0.05) is 55.0 Å². The van der Waals surface area contributed by atoms with E-state index in [9.17, 15) is 9.59 Å². The number of rotatable bonds is 9. The van der Waals surface area contributed by atoms with Crippen LogP contribution in [0.3, 0.4) is 0 Å². The topological polar surface area (TPSA) is 116 Å². The first-order valence-corrected chi connectivity index (χ1v) is 11.9. The average Bonchev–Trinajstić information content (AvgIpc) is 2.85. The number of nitriles is 1. The summed E-state index contributed by atoms with van der Waals surface area (Å²) in [5.74, 6) is -0.386. The van der Waals surface area contributed by atoms with Gasteiger partial charge in [-0.3, -0.25) is 9.59 Å². The van der Waals surface area contributed by atoms with Crippen molar-refractivity contribution in [2.24, 2.45) is 11.7 Å². The van der Waals surface area contributed by atoms with Gasteiger partial charge in [-0.05, 0) is 71.7 Å². The lowest BCUT2D eigenvalue weighted by molar-refractivity contribution is -0.138. The molecule has 0 bridgehead atoms. The second kappa shape index (κ2) is 11.0. The molecule has 1 saturated carbocycles. The summed E-state index contributed by atoms with van der Waals surface area (Å²) in [6.45, 7) is 0.561. The van der Waals surface area contributed by atoms with E-state index in [4.69, 9.17) is 16.1 Å². The van der Waals surface area contributed by atoms with Crippen LogP contribution in [0, 0.1) is 17.2 Å². The van der Waals surface area contributed by atoms with Crippen molar-refractivity contribution < 1.29 is 14.7 Å². The van der Waals surface area contributed by atoms with Crippen LogP contribution in [0.4, 0.5) is 0 Å². The molecule has 0 heterocycles. The molecule has 1 fully saturated rings. The molecule has 0 radical (unpaired) electrons. The smallest absolute Gasteiger partial charge is 0.320 e. The minimum absolute atomic E-state index is 0.141. The molecule has 178 valence electrons. The lowest BCUT2D eigenvalue weighted by Crippen LogP contribution is -2.34. The van der Waals surface area contributed by atoms with Crippen molar-refractivity contribution in [2.45, 2.75) is 37.6 Å². The van der Waals surface area contributed by atoms with Crippen molar-refractivity contribution in [2.75, 3.05) is 6.54 Å². The maximum atomic E-state index is 12.8. The van der Waals surface area contributed by atoms with Crippen molar-refractivity contribution >= 4 is 11.9 Å². The number of nitrogens with two attached hydrogens (primary N) is 1. The van der Waals surface area contributed by atoms with E-state index in [0.717, 1.165) is 29.5 Å². The molecule has 0 spiro atoms. The van der Waals surface area contributed by atoms with E-state index in [1.165, 1.54) is 12.0 Å². The Morgan fingerprint density at radius 2 is 1.57 bits per heavy atom. The summed E-state index contributed by atoms with van der Waals surface area (Å²) in [7, 11) is 0. The highest BCUT2D eigenvalue weighted by Crippen LogP contribution is 2.39. The summed E-state index contributed by atoms with van der Waals surface area (Å²) in [6, 6.07) is 24.2. The molecule has 6 heteroatoms. The van der Waals surface area contributed by atoms with E-state index in [-0.39, 0.29) is 18.2 Å². The number of carbonyl (C=O) groups excluding carboxylic acids is 1. The molecule has 1 aliphatic carbocycles. The summed E-state index contributed by atoms with van der Waals surface area (Å²) in [6.07, 6.45) is 3.77. The molecule has 1 amide bonds. The average molecular weight is 468 g/mol. The molecule has 3 aromatic rings. The van der Waals surface area contributed by atoms with Gasteiger partial charge in [0.2, 0.25) is 0 Å². The van der Waals surface area contributed by atoms with Crippen LogP contribution in [0.1, 0.15) is 52.2 Å². The Kier molecular flexibility index (Phi) is 7.59. The minimum Gasteiger partial charge on any atom is -0.480 e. The first-order valence-electron chi connectivity index (χ1n) is 11.9. The normalized spacial score (nSPS) is 14.9. The number of hydrogen-bond donors (Lipinski definition) is 3. The number of nitrogens with one attached hydrogen (secondary N) is 1. The number of nitrogens with zero attached hydrogens (tertiary/aromatic N) is 1. The number of benzene rings is 3. The second-order valence-corrected chi connectivity index (χ2v) is 9.16. The zero-order valence-electron chi connectivity index (χ0n) is 19.5. The van der Waals surface area contributed by atoms with Crippen molar-refractivity contribution in [1.29, 1.82) is 5.26 Å². The number of carboxylic acid groups (broad SMARTS) is 1. The molecule has 3 aromatic carbocycles.